The van der Waals surface area contributed by atoms with Gasteiger partial charge in [0.25, 0.3) is 0 Å². The van der Waals surface area contributed by atoms with Gasteiger partial charge in [0, 0.05) is 4.88 Å². The van der Waals surface area contributed by atoms with E-state index < -0.39 is 11.6 Å². The largest absolute Gasteiger partial charge is 0.367 e. The Morgan fingerprint density at radius 3 is 2.42 bits per heavy atom. The molecule has 3 rings (SSSR count). The molecule has 0 aliphatic heterocycles. The predicted molar refractivity (Wildman–Crippen MR) is 69.6 cm³/mol. The monoisotopic (exact) mass is 278 g/mol. The number of aromatic nitrogens is 1. The zero-order valence-corrected chi connectivity index (χ0v) is 10.4. The fourth-order valence-corrected chi connectivity index (χ4v) is 2.63. The minimum atomic E-state index is -0.703. The Morgan fingerprint density at radius 2 is 1.79 bits per heavy atom. The lowest BCUT2D eigenvalue weighted by molar-refractivity contribution is 0.438. The van der Waals surface area contributed by atoms with E-state index in [9.17, 15) is 8.78 Å². The molecule has 6 heteroatoms. The van der Waals surface area contributed by atoms with Crippen molar-refractivity contribution in [1.82, 2.24) is 5.16 Å². The molecule has 0 radical (unpaired) electrons. The van der Waals surface area contributed by atoms with Crippen LogP contribution in [0.4, 0.5) is 14.7 Å². The van der Waals surface area contributed by atoms with Crippen molar-refractivity contribution in [3.63, 3.8) is 0 Å². The second kappa shape index (κ2) is 4.47. The minimum absolute atomic E-state index is 0.0418. The number of benzene rings is 1. The zero-order chi connectivity index (χ0) is 13.4. The first-order valence-electron chi connectivity index (χ1n) is 5.42. The number of rotatable bonds is 2. The average molecular weight is 278 g/mol. The molecule has 19 heavy (non-hydrogen) atoms. The van der Waals surface area contributed by atoms with Gasteiger partial charge in [-0.2, -0.15) is 0 Å². The van der Waals surface area contributed by atoms with Crippen LogP contribution in [0.3, 0.4) is 0 Å². The van der Waals surface area contributed by atoms with Crippen LogP contribution in [-0.2, 0) is 0 Å². The van der Waals surface area contributed by atoms with Gasteiger partial charge < -0.3 is 10.3 Å². The van der Waals surface area contributed by atoms with Crippen LogP contribution in [0.25, 0.3) is 21.7 Å². The number of nitrogen functional groups attached to an aromatic ring is 1. The van der Waals surface area contributed by atoms with Gasteiger partial charge in [0.1, 0.15) is 17.3 Å². The van der Waals surface area contributed by atoms with E-state index in [1.807, 2.05) is 11.4 Å². The lowest BCUT2D eigenvalue weighted by Crippen LogP contribution is -1.92. The Morgan fingerprint density at radius 1 is 1.05 bits per heavy atom. The quantitative estimate of drug-likeness (QED) is 0.772. The lowest BCUT2D eigenvalue weighted by Gasteiger charge is -2.03. The molecule has 0 atom stereocenters. The van der Waals surface area contributed by atoms with E-state index in [0.717, 1.165) is 4.88 Å². The molecule has 2 aromatic heterocycles. The molecule has 3 nitrogen and oxygen atoms in total. The van der Waals surface area contributed by atoms with Gasteiger partial charge in [0.15, 0.2) is 0 Å². The summed E-state index contributed by atoms with van der Waals surface area (Å²) < 4.78 is 32.5. The van der Waals surface area contributed by atoms with E-state index in [1.165, 1.54) is 29.5 Å². The summed E-state index contributed by atoms with van der Waals surface area (Å²) in [4.78, 5) is 0.747. The summed E-state index contributed by atoms with van der Waals surface area (Å²) in [5.74, 6) is -1.36. The maximum Gasteiger partial charge on any atom is 0.231 e. The van der Waals surface area contributed by atoms with Gasteiger partial charge in [-0.3, -0.25) is 0 Å². The zero-order valence-electron chi connectivity index (χ0n) is 9.56. The highest BCUT2D eigenvalue weighted by Gasteiger charge is 2.23. The van der Waals surface area contributed by atoms with Gasteiger partial charge in [-0.05, 0) is 23.6 Å². The number of hydrogen-bond acceptors (Lipinski definition) is 4. The van der Waals surface area contributed by atoms with Crippen molar-refractivity contribution in [3.05, 3.63) is 47.3 Å². The molecule has 0 fully saturated rings. The molecule has 96 valence electrons. The summed E-state index contributed by atoms with van der Waals surface area (Å²) in [7, 11) is 0. The highest BCUT2D eigenvalue weighted by Crippen LogP contribution is 2.40. The molecule has 0 unspecified atom stereocenters. The number of anilines is 1. The molecule has 3 aromatic rings. The third-order valence-corrected chi connectivity index (χ3v) is 3.57. The van der Waals surface area contributed by atoms with Crippen LogP contribution in [-0.4, -0.2) is 5.16 Å². The van der Waals surface area contributed by atoms with Crippen LogP contribution in [0.1, 0.15) is 0 Å². The van der Waals surface area contributed by atoms with E-state index in [2.05, 4.69) is 5.16 Å². The molecule has 0 aliphatic carbocycles. The summed E-state index contributed by atoms with van der Waals surface area (Å²) in [6.45, 7) is 0. The number of halogens is 2. The molecule has 0 spiro atoms. The topological polar surface area (TPSA) is 52.0 Å². The predicted octanol–water partition coefficient (Wildman–Crippen LogP) is 3.93. The molecule has 2 heterocycles. The van der Waals surface area contributed by atoms with Crippen LogP contribution in [0, 0.1) is 11.6 Å². The fraction of sp³-hybridized carbons (Fsp3) is 0. The van der Waals surface area contributed by atoms with E-state index in [4.69, 9.17) is 10.3 Å². The summed E-state index contributed by atoms with van der Waals surface area (Å²) in [5.41, 5.74) is 5.97. The van der Waals surface area contributed by atoms with Crippen molar-refractivity contribution in [1.29, 1.82) is 0 Å². The van der Waals surface area contributed by atoms with E-state index >= 15 is 0 Å². The Bertz CT molecular complexity index is 702. The molecule has 0 saturated heterocycles. The lowest BCUT2D eigenvalue weighted by atomic mass is 10.1. The first-order chi connectivity index (χ1) is 9.18. The second-order valence-corrected chi connectivity index (χ2v) is 4.79. The number of hydrogen-bond donors (Lipinski definition) is 1. The first kappa shape index (κ1) is 11.9. The van der Waals surface area contributed by atoms with Crippen LogP contribution in [0.15, 0.2) is 40.2 Å². The Balaban J connectivity index is 2.28. The fourth-order valence-electron chi connectivity index (χ4n) is 1.86. The summed E-state index contributed by atoms with van der Waals surface area (Å²) >= 11 is 1.39. The third kappa shape index (κ3) is 1.90. The standard InChI is InChI=1S/C13H8F2N2OS/c14-7-3-1-4-8(15)10(7)12-11(13(16)18-17-12)9-5-2-6-19-9/h1-6H,16H2. The SMILES string of the molecule is Nc1onc(-c2c(F)cccc2F)c1-c1cccs1. The molecular weight excluding hydrogens is 270 g/mol. The summed E-state index contributed by atoms with van der Waals surface area (Å²) in [6, 6.07) is 7.23. The van der Waals surface area contributed by atoms with Crippen LogP contribution < -0.4 is 5.73 Å². The highest BCUT2D eigenvalue weighted by atomic mass is 32.1. The Labute approximate surface area is 111 Å². The Hall–Kier alpha value is -2.21. The van der Waals surface area contributed by atoms with Crippen molar-refractivity contribution in [2.75, 3.05) is 5.73 Å². The molecule has 0 saturated carbocycles. The van der Waals surface area contributed by atoms with Gasteiger partial charge >= 0.3 is 0 Å². The van der Waals surface area contributed by atoms with E-state index in [1.54, 1.807) is 6.07 Å². The van der Waals surface area contributed by atoms with Gasteiger partial charge in [-0.1, -0.05) is 17.3 Å². The molecule has 0 bridgehead atoms. The van der Waals surface area contributed by atoms with Crippen LogP contribution in [0.5, 0.6) is 0 Å². The minimum Gasteiger partial charge on any atom is -0.367 e. The van der Waals surface area contributed by atoms with Gasteiger partial charge in [0.05, 0.1) is 11.1 Å². The van der Waals surface area contributed by atoms with Gasteiger partial charge in [0.2, 0.25) is 5.88 Å². The van der Waals surface area contributed by atoms with Crippen molar-refractivity contribution < 1.29 is 13.3 Å². The normalized spacial score (nSPS) is 10.8. The van der Waals surface area contributed by atoms with Crippen molar-refractivity contribution >= 4 is 17.2 Å². The van der Waals surface area contributed by atoms with E-state index in [-0.39, 0.29) is 17.1 Å². The molecule has 0 amide bonds. The van der Waals surface area contributed by atoms with Crippen molar-refractivity contribution in [2.24, 2.45) is 0 Å². The third-order valence-electron chi connectivity index (χ3n) is 2.69. The highest BCUT2D eigenvalue weighted by molar-refractivity contribution is 7.13. The number of nitrogens with zero attached hydrogens (tertiary/aromatic N) is 1. The number of nitrogens with two attached hydrogens (primary N) is 1. The summed E-state index contributed by atoms with van der Waals surface area (Å²) in [6.07, 6.45) is 0. The molecular formula is C13H8F2N2OS. The van der Waals surface area contributed by atoms with Crippen LogP contribution >= 0.6 is 11.3 Å². The molecule has 2 N–H and O–H groups in total. The molecule has 0 aliphatic rings. The maximum absolute atomic E-state index is 13.8. The average Bonchev–Trinajstić information content (AvgIpc) is 2.99. The maximum atomic E-state index is 13.8. The number of thiophene rings is 1. The van der Waals surface area contributed by atoms with E-state index in [0.29, 0.717) is 5.56 Å². The van der Waals surface area contributed by atoms with Crippen molar-refractivity contribution in [3.8, 4) is 21.7 Å². The van der Waals surface area contributed by atoms with Gasteiger partial charge in [-0.25, -0.2) is 8.78 Å². The smallest absolute Gasteiger partial charge is 0.231 e. The van der Waals surface area contributed by atoms with Crippen LogP contribution in [0.2, 0.25) is 0 Å². The molecule has 1 aromatic carbocycles. The summed E-state index contributed by atoms with van der Waals surface area (Å²) in [5, 5.41) is 5.53. The van der Waals surface area contributed by atoms with Crippen molar-refractivity contribution in [2.45, 2.75) is 0 Å². The Kier molecular flexibility index (Phi) is 2.79. The second-order valence-electron chi connectivity index (χ2n) is 3.84. The van der Waals surface area contributed by atoms with Gasteiger partial charge in [-0.15, -0.1) is 11.3 Å². The first-order valence-corrected chi connectivity index (χ1v) is 6.30.